The maximum atomic E-state index is 12.2. The number of nitrogens with one attached hydrogen (secondary N) is 2. The molecule has 0 atom stereocenters. The van der Waals surface area contributed by atoms with Gasteiger partial charge in [0, 0.05) is 26.8 Å². The van der Waals surface area contributed by atoms with Crippen LogP contribution in [0.15, 0.2) is 60.7 Å². The Balaban J connectivity index is 1.69. The molecular weight excluding hydrogens is 331 g/mol. The second-order valence-electron chi connectivity index (χ2n) is 5.09. The number of amides is 1. The number of fused-ring (bicyclic) bond motifs is 1. The van der Waals surface area contributed by atoms with Crippen molar-refractivity contribution in [1.82, 2.24) is 0 Å². The zero-order valence-electron chi connectivity index (χ0n) is 12.1. The molecule has 0 radical (unpaired) electrons. The molecule has 5 heteroatoms. The third-order valence-electron chi connectivity index (χ3n) is 3.38. The minimum atomic E-state index is -0.141. The molecule has 0 aliphatic rings. The van der Waals surface area contributed by atoms with E-state index in [1.807, 2.05) is 42.5 Å². The van der Waals surface area contributed by atoms with Gasteiger partial charge >= 0.3 is 0 Å². The van der Waals surface area contributed by atoms with E-state index in [9.17, 15) is 4.79 Å². The fraction of sp³-hybridized carbons (Fsp3) is 0.0556. The van der Waals surface area contributed by atoms with Gasteiger partial charge in [0.1, 0.15) is 0 Å². The molecule has 1 amide bonds. The molecule has 3 aromatic rings. The topological polar surface area (TPSA) is 41.1 Å². The van der Waals surface area contributed by atoms with Gasteiger partial charge in [0.15, 0.2) is 0 Å². The summed E-state index contributed by atoms with van der Waals surface area (Å²) in [5.74, 6) is -0.141. The fourth-order valence-electron chi connectivity index (χ4n) is 2.37. The molecule has 3 nitrogen and oxygen atoms in total. The van der Waals surface area contributed by atoms with Crippen molar-refractivity contribution in [1.29, 1.82) is 0 Å². The Hall–Kier alpha value is -2.23. The number of halogens is 2. The van der Waals surface area contributed by atoms with E-state index < -0.39 is 0 Å². The number of carbonyl (C=O) groups excluding carboxylic acids is 1. The summed E-state index contributed by atoms with van der Waals surface area (Å²) in [4.78, 5) is 12.2. The van der Waals surface area contributed by atoms with Crippen molar-refractivity contribution in [3.05, 3.63) is 70.7 Å². The summed E-state index contributed by atoms with van der Waals surface area (Å²) in [7, 11) is 0. The summed E-state index contributed by atoms with van der Waals surface area (Å²) in [6, 6.07) is 18.8. The SMILES string of the molecule is O=C(CNc1cc(Cl)cc(Cl)c1)Nc1cccc2ccccc12. The van der Waals surface area contributed by atoms with Crippen LogP contribution in [-0.4, -0.2) is 12.5 Å². The predicted molar refractivity (Wildman–Crippen MR) is 97.5 cm³/mol. The van der Waals surface area contributed by atoms with Crippen LogP contribution in [0.2, 0.25) is 10.0 Å². The lowest BCUT2D eigenvalue weighted by molar-refractivity contribution is -0.114. The quantitative estimate of drug-likeness (QED) is 0.683. The average molecular weight is 345 g/mol. The molecule has 0 unspecified atom stereocenters. The van der Waals surface area contributed by atoms with Crippen LogP contribution >= 0.6 is 23.2 Å². The van der Waals surface area contributed by atoms with E-state index in [2.05, 4.69) is 10.6 Å². The van der Waals surface area contributed by atoms with Gasteiger partial charge in [0.05, 0.1) is 6.54 Å². The van der Waals surface area contributed by atoms with Gasteiger partial charge < -0.3 is 10.6 Å². The van der Waals surface area contributed by atoms with E-state index in [1.165, 1.54) is 0 Å². The number of hydrogen-bond donors (Lipinski definition) is 2. The highest BCUT2D eigenvalue weighted by atomic mass is 35.5. The van der Waals surface area contributed by atoms with Gasteiger partial charge in [-0.3, -0.25) is 4.79 Å². The zero-order valence-corrected chi connectivity index (χ0v) is 13.7. The highest BCUT2D eigenvalue weighted by Gasteiger charge is 2.06. The normalized spacial score (nSPS) is 10.5. The molecule has 2 N–H and O–H groups in total. The second kappa shape index (κ2) is 6.90. The van der Waals surface area contributed by atoms with E-state index >= 15 is 0 Å². The molecular formula is C18H14Cl2N2O. The van der Waals surface area contributed by atoms with Crippen LogP contribution in [0.1, 0.15) is 0 Å². The molecule has 0 saturated carbocycles. The minimum Gasteiger partial charge on any atom is -0.376 e. The van der Waals surface area contributed by atoms with Crippen molar-refractivity contribution in [3.63, 3.8) is 0 Å². The average Bonchev–Trinajstić information content (AvgIpc) is 2.52. The lowest BCUT2D eigenvalue weighted by atomic mass is 10.1. The number of benzene rings is 3. The van der Waals surface area contributed by atoms with Gasteiger partial charge in [-0.2, -0.15) is 0 Å². The van der Waals surface area contributed by atoms with Crippen molar-refractivity contribution in [3.8, 4) is 0 Å². The molecule has 23 heavy (non-hydrogen) atoms. The predicted octanol–water partition coefficient (Wildman–Crippen LogP) is 5.20. The van der Waals surface area contributed by atoms with Crippen LogP contribution in [-0.2, 0) is 4.79 Å². The molecule has 0 fully saturated rings. The molecule has 0 aromatic heterocycles. The number of rotatable bonds is 4. The van der Waals surface area contributed by atoms with Gasteiger partial charge in [0.25, 0.3) is 0 Å². The van der Waals surface area contributed by atoms with Crippen LogP contribution in [0.5, 0.6) is 0 Å². The summed E-state index contributed by atoms with van der Waals surface area (Å²) in [6.07, 6.45) is 0. The molecule has 0 spiro atoms. The number of anilines is 2. The Morgan fingerprint density at radius 3 is 2.39 bits per heavy atom. The fourth-order valence-corrected chi connectivity index (χ4v) is 2.89. The highest BCUT2D eigenvalue weighted by molar-refractivity contribution is 6.35. The Kier molecular flexibility index (Phi) is 4.70. The summed E-state index contributed by atoms with van der Waals surface area (Å²) in [5.41, 5.74) is 1.49. The largest absolute Gasteiger partial charge is 0.376 e. The van der Waals surface area contributed by atoms with E-state index in [4.69, 9.17) is 23.2 Å². The highest BCUT2D eigenvalue weighted by Crippen LogP contribution is 2.24. The Morgan fingerprint density at radius 2 is 1.61 bits per heavy atom. The molecule has 0 aliphatic carbocycles. The Bertz CT molecular complexity index is 839. The number of hydrogen-bond acceptors (Lipinski definition) is 2. The maximum Gasteiger partial charge on any atom is 0.243 e. The Morgan fingerprint density at radius 1 is 0.913 bits per heavy atom. The lowest BCUT2D eigenvalue weighted by Gasteiger charge is -2.10. The van der Waals surface area contributed by atoms with Gasteiger partial charge in [0.2, 0.25) is 5.91 Å². The van der Waals surface area contributed by atoms with Crippen LogP contribution in [0.25, 0.3) is 10.8 Å². The van der Waals surface area contributed by atoms with E-state index in [1.54, 1.807) is 18.2 Å². The standard InChI is InChI=1S/C18H14Cl2N2O/c19-13-8-14(20)10-15(9-13)21-11-18(23)22-17-7-3-5-12-4-1-2-6-16(12)17/h1-10,21H,11H2,(H,22,23). The van der Waals surface area contributed by atoms with Crippen molar-refractivity contribution < 1.29 is 4.79 Å². The van der Waals surface area contributed by atoms with Crippen LogP contribution in [0, 0.1) is 0 Å². The van der Waals surface area contributed by atoms with Crippen LogP contribution < -0.4 is 10.6 Å². The van der Waals surface area contributed by atoms with E-state index in [0.717, 1.165) is 16.5 Å². The first-order valence-corrected chi connectivity index (χ1v) is 7.85. The zero-order chi connectivity index (χ0) is 16.2. The molecule has 3 rings (SSSR count). The maximum absolute atomic E-state index is 12.2. The van der Waals surface area contributed by atoms with Gasteiger partial charge in [-0.05, 0) is 29.7 Å². The first kappa shape index (κ1) is 15.7. The van der Waals surface area contributed by atoms with Crippen molar-refractivity contribution in [2.75, 3.05) is 17.2 Å². The van der Waals surface area contributed by atoms with E-state index in [0.29, 0.717) is 15.7 Å². The molecule has 0 aliphatic heterocycles. The summed E-state index contributed by atoms with van der Waals surface area (Å²) < 4.78 is 0. The van der Waals surface area contributed by atoms with Gasteiger partial charge in [-0.25, -0.2) is 0 Å². The van der Waals surface area contributed by atoms with Gasteiger partial charge in [-0.1, -0.05) is 59.6 Å². The lowest BCUT2D eigenvalue weighted by Crippen LogP contribution is -2.21. The monoisotopic (exact) mass is 344 g/mol. The van der Waals surface area contributed by atoms with Crippen LogP contribution in [0.3, 0.4) is 0 Å². The first-order chi connectivity index (χ1) is 11.1. The molecule has 0 heterocycles. The summed E-state index contributed by atoms with van der Waals surface area (Å²) >= 11 is 11.9. The summed E-state index contributed by atoms with van der Waals surface area (Å²) in [6.45, 7) is 0.125. The van der Waals surface area contributed by atoms with Crippen LogP contribution in [0.4, 0.5) is 11.4 Å². The molecule has 0 saturated heterocycles. The molecule has 3 aromatic carbocycles. The van der Waals surface area contributed by atoms with Crippen molar-refractivity contribution >= 4 is 51.3 Å². The first-order valence-electron chi connectivity index (χ1n) is 7.09. The molecule has 116 valence electrons. The second-order valence-corrected chi connectivity index (χ2v) is 5.96. The van der Waals surface area contributed by atoms with Crippen molar-refractivity contribution in [2.45, 2.75) is 0 Å². The third kappa shape index (κ3) is 3.95. The smallest absolute Gasteiger partial charge is 0.243 e. The Labute approximate surface area is 144 Å². The summed E-state index contributed by atoms with van der Waals surface area (Å²) in [5, 5.41) is 9.07. The van der Waals surface area contributed by atoms with Gasteiger partial charge in [-0.15, -0.1) is 0 Å². The molecule has 0 bridgehead atoms. The van der Waals surface area contributed by atoms with E-state index in [-0.39, 0.29) is 12.5 Å². The van der Waals surface area contributed by atoms with Crippen molar-refractivity contribution in [2.24, 2.45) is 0 Å². The third-order valence-corrected chi connectivity index (χ3v) is 3.82. The minimum absolute atomic E-state index is 0.125. The number of carbonyl (C=O) groups is 1.